The van der Waals surface area contributed by atoms with E-state index in [1.807, 2.05) is 24.3 Å². The lowest BCUT2D eigenvalue weighted by Gasteiger charge is -2.23. The topological polar surface area (TPSA) is 38.9 Å². The molecule has 5 heteroatoms. The van der Waals surface area contributed by atoms with Gasteiger partial charge in [-0.25, -0.2) is 0 Å². The van der Waals surface area contributed by atoms with Crippen molar-refractivity contribution in [3.05, 3.63) is 63.3 Å². The maximum Gasteiger partial charge on any atom is 0.0589 e. The van der Waals surface area contributed by atoms with Crippen molar-refractivity contribution in [2.24, 2.45) is 5.73 Å². The molecule has 2 unspecified atom stereocenters. The van der Waals surface area contributed by atoms with E-state index in [2.05, 4.69) is 40.0 Å². The minimum atomic E-state index is 0. The fourth-order valence-corrected chi connectivity index (χ4v) is 2.76. The summed E-state index contributed by atoms with van der Waals surface area (Å²) in [6.07, 6.45) is 1.68. The van der Waals surface area contributed by atoms with E-state index in [1.54, 1.807) is 6.20 Å². The van der Waals surface area contributed by atoms with Gasteiger partial charge in [0.15, 0.2) is 0 Å². The van der Waals surface area contributed by atoms with E-state index < -0.39 is 0 Å². The van der Waals surface area contributed by atoms with E-state index in [4.69, 9.17) is 17.3 Å². The lowest BCUT2D eigenvalue weighted by molar-refractivity contribution is 0.572. The van der Waals surface area contributed by atoms with Gasteiger partial charge in [-0.3, -0.25) is 4.98 Å². The molecule has 0 amide bonds. The van der Waals surface area contributed by atoms with Crippen LogP contribution in [0.15, 0.2) is 47.1 Å². The maximum absolute atomic E-state index is 5.95. The fourth-order valence-electron chi connectivity index (χ4n) is 2.23. The van der Waals surface area contributed by atoms with E-state index in [1.165, 1.54) is 5.56 Å². The lowest BCUT2D eigenvalue weighted by Crippen LogP contribution is -2.19. The van der Waals surface area contributed by atoms with Gasteiger partial charge in [0.1, 0.15) is 0 Å². The van der Waals surface area contributed by atoms with Crippen LogP contribution in [0.25, 0.3) is 0 Å². The van der Waals surface area contributed by atoms with Gasteiger partial charge in [0.05, 0.1) is 5.02 Å². The first-order chi connectivity index (χ1) is 9.11. The van der Waals surface area contributed by atoms with Crippen molar-refractivity contribution >= 4 is 39.9 Å². The van der Waals surface area contributed by atoms with Crippen molar-refractivity contribution in [3.63, 3.8) is 0 Å². The standard InChI is InChI=1S/C15H16BrClN2.ClH/c1-10(15-6-5-13(17)9-19-15)14(8-18)11-3-2-4-12(16)7-11;/h2-7,9-10,14H,8,18H2,1H3;1H. The van der Waals surface area contributed by atoms with Crippen molar-refractivity contribution in [3.8, 4) is 0 Å². The smallest absolute Gasteiger partial charge is 0.0589 e. The third-order valence-corrected chi connectivity index (χ3v) is 4.07. The fraction of sp³-hybridized carbons (Fsp3) is 0.267. The molecule has 0 spiro atoms. The van der Waals surface area contributed by atoms with Crippen molar-refractivity contribution in [1.29, 1.82) is 0 Å². The Kier molecular flexibility index (Phi) is 6.96. The van der Waals surface area contributed by atoms with Gasteiger partial charge in [-0.15, -0.1) is 12.4 Å². The molecule has 1 aromatic carbocycles. The molecular weight excluding hydrogens is 359 g/mol. The third-order valence-electron chi connectivity index (χ3n) is 3.35. The summed E-state index contributed by atoms with van der Waals surface area (Å²) in [5.74, 6) is 0.489. The molecule has 0 saturated carbocycles. The lowest BCUT2D eigenvalue weighted by atomic mass is 9.85. The molecule has 2 N–H and O–H groups in total. The molecule has 0 saturated heterocycles. The largest absolute Gasteiger partial charge is 0.330 e. The molecular formula is C15H17BrCl2N2. The van der Waals surface area contributed by atoms with Crippen molar-refractivity contribution in [2.75, 3.05) is 6.54 Å². The van der Waals surface area contributed by atoms with Crippen LogP contribution in [0.1, 0.15) is 30.0 Å². The molecule has 0 radical (unpaired) electrons. The van der Waals surface area contributed by atoms with Crippen molar-refractivity contribution in [2.45, 2.75) is 18.8 Å². The highest BCUT2D eigenvalue weighted by Crippen LogP contribution is 2.32. The number of aromatic nitrogens is 1. The van der Waals surface area contributed by atoms with Gasteiger partial charge in [-0.05, 0) is 36.4 Å². The van der Waals surface area contributed by atoms with E-state index in [9.17, 15) is 0 Å². The summed E-state index contributed by atoms with van der Waals surface area (Å²) in [5.41, 5.74) is 8.19. The molecule has 108 valence electrons. The Morgan fingerprint density at radius 3 is 2.60 bits per heavy atom. The van der Waals surface area contributed by atoms with Crippen LogP contribution in [0.3, 0.4) is 0 Å². The van der Waals surface area contributed by atoms with Crippen LogP contribution in [-0.4, -0.2) is 11.5 Å². The number of nitrogens with zero attached hydrogens (tertiary/aromatic N) is 1. The molecule has 2 atom stereocenters. The van der Waals surface area contributed by atoms with Crippen LogP contribution >= 0.6 is 39.9 Å². The van der Waals surface area contributed by atoms with E-state index >= 15 is 0 Å². The molecule has 2 rings (SSSR count). The van der Waals surface area contributed by atoms with Gasteiger partial charge in [-0.1, -0.05) is 46.6 Å². The molecule has 20 heavy (non-hydrogen) atoms. The van der Waals surface area contributed by atoms with Crippen LogP contribution in [0.4, 0.5) is 0 Å². The molecule has 0 aliphatic heterocycles. The van der Waals surface area contributed by atoms with Gasteiger partial charge in [0.2, 0.25) is 0 Å². The highest BCUT2D eigenvalue weighted by Gasteiger charge is 2.20. The molecule has 2 nitrogen and oxygen atoms in total. The highest BCUT2D eigenvalue weighted by atomic mass is 79.9. The molecule has 1 heterocycles. The Hall–Kier alpha value is -0.610. The van der Waals surface area contributed by atoms with Gasteiger partial charge in [-0.2, -0.15) is 0 Å². The quantitative estimate of drug-likeness (QED) is 0.836. The number of hydrogen-bond acceptors (Lipinski definition) is 2. The molecule has 0 fully saturated rings. The number of rotatable bonds is 4. The monoisotopic (exact) mass is 374 g/mol. The second kappa shape index (κ2) is 7.99. The summed E-state index contributed by atoms with van der Waals surface area (Å²) in [7, 11) is 0. The van der Waals surface area contributed by atoms with E-state index in [0.29, 0.717) is 11.6 Å². The summed E-state index contributed by atoms with van der Waals surface area (Å²) in [6.45, 7) is 2.73. The van der Waals surface area contributed by atoms with E-state index in [-0.39, 0.29) is 24.2 Å². The summed E-state index contributed by atoms with van der Waals surface area (Å²) < 4.78 is 1.07. The van der Waals surface area contributed by atoms with Gasteiger partial charge >= 0.3 is 0 Å². The number of halogens is 3. The SMILES string of the molecule is CC(c1ccc(Cl)cn1)C(CN)c1cccc(Br)c1.Cl. The molecule has 0 aliphatic carbocycles. The van der Waals surface area contributed by atoms with Crippen LogP contribution in [0.5, 0.6) is 0 Å². The number of nitrogens with two attached hydrogens (primary N) is 1. The minimum absolute atomic E-state index is 0. The second-order valence-corrected chi connectivity index (χ2v) is 5.94. The Balaban J connectivity index is 0.00000200. The predicted molar refractivity (Wildman–Crippen MR) is 90.8 cm³/mol. The average molecular weight is 376 g/mol. The molecule has 2 aromatic rings. The Bertz CT molecular complexity index is 546. The van der Waals surface area contributed by atoms with Crippen molar-refractivity contribution in [1.82, 2.24) is 4.98 Å². The zero-order chi connectivity index (χ0) is 13.8. The van der Waals surface area contributed by atoms with E-state index in [0.717, 1.165) is 10.2 Å². The first-order valence-electron chi connectivity index (χ1n) is 6.19. The summed E-state index contributed by atoms with van der Waals surface area (Å²) in [5, 5.41) is 0.655. The number of benzene rings is 1. The number of pyridine rings is 1. The Morgan fingerprint density at radius 2 is 2.05 bits per heavy atom. The summed E-state index contributed by atoms with van der Waals surface area (Å²) >= 11 is 9.37. The number of hydrogen-bond donors (Lipinski definition) is 1. The highest BCUT2D eigenvalue weighted by molar-refractivity contribution is 9.10. The zero-order valence-corrected chi connectivity index (χ0v) is 14.3. The molecule has 0 aliphatic rings. The second-order valence-electron chi connectivity index (χ2n) is 4.59. The van der Waals surface area contributed by atoms with Gasteiger partial charge < -0.3 is 5.73 Å². The first-order valence-corrected chi connectivity index (χ1v) is 7.36. The van der Waals surface area contributed by atoms with Gasteiger partial charge in [0.25, 0.3) is 0 Å². The third kappa shape index (κ3) is 4.19. The maximum atomic E-state index is 5.95. The zero-order valence-electron chi connectivity index (χ0n) is 11.1. The van der Waals surface area contributed by atoms with Crippen LogP contribution in [0, 0.1) is 0 Å². The summed E-state index contributed by atoms with van der Waals surface area (Å²) in [4.78, 5) is 4.40. The molecule has 1 aromatic heterocycles. The van der Waals surface area contributed by atoms with Crippen LogP contribution in [0.2, 0.25) is 5.02 Å². The summed E-state index contributed by atoms with van der Waals surface area (Å²) in [6, 6.07) is 12.1. The average Bonchev–Trinajstić information content (AvgIpc) is 2.40. The predicted octanol–water partition coefficient (Wildman–Crippen LogP) is 4.77. The van der Waals surface area contributed by atoms with Crippen molar-refractivity contribution < 1.29 is 0 Å². The van der Waals surface area contributed by atoms with Gasteiger partial charge in [0, 0.05) is 28.2 Å². The Morgan fingerprint density at radius 1 is 1.30 bits per heavy atom. The normalized spacial score (nSPS) is 13.4. The van der Waals surface area contributed by atoms with Crippen LogP contribution in [-0.2, 0) is 0 Å². The Labute approximate surface area is 139 Å². The minimum Gasteiger partial charge on any atom is -0.330 e. The molecule has 0 bridgehead atoms. The van der Waals surface area contributed by atoms with Crippen LogP contribution < -0.4 is 5.73 Å². The first kappa shape index (κ1) is 17.4.